The number of halogens is 3. The Morgan fingerprint density at radius 2 is 1.86 bits per heavy atom. The summed E-state index contributed by atoms with van der Waals surface area (Å²) in [5.74, 6) is -3.16. The SMILES string of the molecule is CCCOc1cccc(CNc2ccc(F)c(F)c2F)c1. The van der Waals surface area contributed by atoms with Gasteiger partial charge in [-0.05, 0) is 36.2 Å². The monoisotopic (exact) mass is 295 g/mol. The number of nitrogens with one attached hydrogen (secondary N) is 1. The highest BCUT2D eigenvalue weighted by molar-refractivity contribution is 5.46. The Hall–Kier alpha value is -2.17. The molecule has 0 aromatic heterocycles. The minimum Gasteiger partial charge on any atom is -0.494 e. The Balaban J connectivity index is 2.04. The van der Waals surface area contributed by atoms with Crippen LogP contribution in [0.5, 0.6) is 5.75 Å². The molecule has 0 saturated carbocycles. The lowest BCUT2D eigenvalue weighted by atomic mass is 10.2. The third kappa shape index (κ3) is 3.90. The minimum absolute atomic E-state index is 0.0752. The van der Waals surface area contributed by atoms with Crippen LogP contribution in [0.15, 0.2) is 36.4 Å². The van der Waals surface area contributed by atoms with Crippen LogP contribution in [0.2, 0.25) is 0 Å². The van der Waals surface area contributed by atoms with Crippen molar-refractivity contribution >= 4 is 5.69 Å². The van der Waals surface area contributed by atoms with Crippen LogP contribution in [0, 0.1) is 17.5 Å². The maximum absolute atomic E-state index is 13.5. The molecule has 0 aliphatic rings. The molecule has 1 N–H and O–H groups in total. The molecule has 2 rings (SSSR count). The van der Waals surface area contributed by atoms with Crippen molar-refractivity contribution in [1.29, 1.82) is 0 Å². The van der Waals surface area contributed by atoms with Crippen LogP contribution in [0.3, 0.4) is 0 Å². The molecule has 5 heteroatoms. The first-order valence-electron chi connectivity index (χ1n) is 6.71. The Kier molecular flexibility index (Phi) is 5.09. The molecule has 21 heavy (non-hydrogen) atoms. The van der Waals surface area contributed by atoms with E-state index in [-0.39, 0.29) is 12.2 Å². The minimum atomic E-state index is -1.47. The predicted molar refractivity (Wildman–Crippen MR) is 75.9 cm³/mol. The van der Waals surface area contributed by atoms with Crippen LogP contribution in [0.1, 0.15) is 18.9 Å². The second kappa shape index (κ2) is 7.02. The first-order chi connectivity index (χ1) is 10.1. The fourth-order valence-electron chi connectivity index (χ4n) is 1.82. The number of hydrogen-bond donors (Lipinski definition) is 1. The summed E-state index contributed by atoms with van der Waals surface area (Å²) in [6.45, 7) is 2.91. The van der Waals surface area contributed by atoms with Crippen molar-refractivity contribution in [3.8, 4) is 5.75 Å². The normalized spacial score (nSPS) is 10.5. The van der Waals surface area contributed by atoms with E-state index < -0.39 is 17.5 Å². The molecular formula is C16H16F3NO. The first-order valence-corrected chi connectivity index (χ1v) is 6.71. The fraction of sp³-hybridized carbons (Fsp3) is 0.250. The molecule has 0 radical (unpaired) electrons. The number of hydrogen-bond acceptors (Lipinski definition) is 2. The third-order valence-corrected chi connectivity index (χ3v) is 2.89. The van der Waals surface area contributed by atoms with Crippen LogP contribution in [0.4, 0.5) is 18.9 Å². The van der Waals surface area contributed by atoms with E-state index in [1.165, 1.54) is 6.07 Å². The average Bonchev–Trinajstić information content (AvgIpc) is 2.50. The Bertz CT molecular complexity index is 616. The molecular weight excluding hydrogens is 279 g/mol. The summed E-state index contributed by atoms with van der Waals surface area (Å²) in [5.41, 5.74) is 0.779. The zero-order valence-corrected chi connectivity index (χ0v) is 11.6. The quantitative estimate of drug-likeness (QED) is 0.792. The highest BCUT2D eigenvalue weighted by atomic mass is 19.2. The molecule has 0 fully saturated rings. The lowest BCUT2D eigenvalue weighted by Gasteiger charge is -2.10. The molecule has 2 aromatic carbocycles. The largest absolute Gasteiger partial charge is 0.494 e. The molecule has 0 bridgehead atoms. The molecule has 0 atom stereocenters. The van der Waals surface area contributed by atoms with E-state index in [1.807, 2.05) is 31.2 Å². The third-order valence-electron chi connectivity index (χ3n) is 2.89. The molecule has 0 amide bonds. The molecule has 0 aliphatic carbocycles. The summed E-state index contributed by atoms with van der Waals surface area (Å²) in [6, 6.07) is 9.37. The average molecular weight is 295 g/mol. The van der Waals surface area contributed by atoms with Crippen molar-refractivity contribution in [2.75, 3.05) is 11.9 Å². The molecule has 0 saturated heterocycles. The number of ether oxygens (including phenoxy) is 1. The summed E-state index contributed by atoms with van der Waals surface area (Å²) in [5, 5.41) is 2.74. The van der Waals surface area contributed by atoms with Gasteiger partial charge in [-0.25, -0.2) is 13.2 Å². The highest BCUT2D eigenvalue weighted by Gasteiger charge is 2.12. The summed E-state index contributed by atoms with van der Waals surface area (Å²) in [7, 11) is 0. The van der Waals surface area contributed by atoms with Gasteiger partial charge in [0.15, 0.2) is 17.5 Å². The number of benzene rings is 2. The Morgan fingerprint density at radius 1 is 1.05 bits per heavy atom. The summed E-state index contributed by atoms with van der Waals surface area (Å²) in [4.78, 5) is 0. The van der Waals surface area contributed by atoms with Crippen LogP contribution < -0.4 is 10.1 Å². The van der Waals surface area contributed by atoms with Crippen molar-refractivity contribution < 1.29 is 17.9 Å². The predicted octanol–water partition coefficient (Wildman–Crippen LogP) is 4.50. The lowest BCUT2D eigenvalue weighted by Crippen LogP contribution is -2.04. The summed E-state index contributed by atoms with van der Waals surface area (Å²) in [6.07, 6.45) is 0.905. The van der Waals surface area contributed by atoms with Gasteiger partial charge < -0.3 is 10.1 Å². The number of rotatable bonds is 6. The van der Waals surface area contributed by atoms with Gasteiger partial charge in [0.1, 0.15) is 5.75 Å². The molecule has 0 heterocycles. The van der Waals surface area contributed by atoms with Crippen LogP contribution in [-0.4, -0.2) is 6.61 Å². The first kappa shape index (κ1) is 15.2. The second-order valence-corrected chi connectivity index (χ2v) is 4.57. The number of anilines is 1. The van der Waals surface area contributed by atoms with Gasteiger partial charge >= 0.3 is 0 Å². The van der Waals surface area contributed by atoms with Gasteiger partial charge in [0.25, 0.3) is 0 Å². The molecule has 0 spiro atoms. The van der Waals surface area contributed by atoms with Gasteiger partial charge in [0.05, 0.1) is 12.3 Å². The molecule has 2 aromatic rings. The van der Waals surface area contributed by atoms with Crippen molar-refractivity contribution in [3.63, 3.8) is 0 Å². The van der Waals surface area contributed by atoms with E-state index in [0.29, 0.717) is 6.61 Å². The molecule has 0 aliphatic heterocycles. The van der Waals surface area contributed by atoms with Gasteiger partial charge in [-0.2, -0.15) is 0 Å². The van der Waals surface area contributed by atoms with E-state index in [2.05, 4.69) is 5.32 Å². The zero-order chi connectivity index (χ0) is 15.2. The molecule has 112 valence electrons. The smallest absolute Gasteiger partial charge is 0.196 e. The Labute approximate surface area is 121 Å². The van der Waals surface area contributed by atoms with Crippen LogP contribution in [0.25, 0.3) is 0 Å². The van der Waals surface area contributed by atoms with Crippen molar-refractivity contribution in [1.82, 2.24) is 0 Å². The maximum Gasteiger partial charge on any atom is 0.196 e. The summed E-state index contributed by atoms with van der Waals surface area (Å²) >= 11 is 0. The highest BCUT2D eigenvalue weighted by Crippen LogP contribution is 2.21. The van der Waals surface area contributed by atoms with Crippen molar-refractivity contribution in [3.05, 3.63) is 59.4 Å². The van der Waals surface area contributed by atoms with E-state index >= 15 is 0 Å². The van der Waals surface area contributed by atoms with E-state index in [1.54, 1.807) is 0 Å². The Morgan fingerprint density at radius 3 is 2.62 bits per heavy atom. The van der Waals surface area contributed by atoms with Gasteiger partial charge in [-0.15, -0.1) is 0 Å². The fourth-order valence-corrected chi connectivity index (χ4v) is 1.82. The molecule has 2 nitrogen and oxygen atoms in total. The van der Waals surface area contributed by atoms with Crippen LogP contribution >= 0.6 is 0 Å². The van der Waals surface area contributed by atoms with E-state index in [4.69, 9.17) is 4.74 Å². The standard InChI is InChI=1S/C16H16F3NO/c1-2-8-21-12-5-3-4-11(9-12)10-20-14-7-6-13(17)15(18)16(14)19/h3-7,9,20H,2,8,10H2,1H3. The van der Waals surface area contributed by atoms with E-state index in [9.17, 15) is 13.2 Å². The second-order valence-electron chi connectivity index (χ2n) is 4.57. The topological polar surface area (TPSA) is 21.3 Å². The van der Waals surface area contributed by atoms with Crippen molar-refractivity contribution in [2.45, 2.75) is 19.9 Å². The van der Waals surface area contributed by atoms with Gasteiger partial charge in [-0.1, -0.05) is 19.1 Å². The summed E-state index contributed by atoms with van der Waals surface area (Å²) < 4.78 is 44.9. The van der Waals surface area contributed by atoms with Crippen LogP contribution in [-0.2, 0) is 6.54 Å². The van der Waals surface area contributed by atoms with Gasteiger partial charge in [0.2, 0.25) is 0 Å². The van der Waals surface area contributed by atoms with E-state index in [0.717, 1.165) is 23.8 Å². The van der Waals surface area contributed by atoms with Crippen molar-refractivity contribution in [2.24, 2.45) is 0 Å². The maximum atomic E-state index is 13.5. The zero-order valence-electron chi connectivity index (χ0n) is 11.6. The van der Waals surface area contributed by atoms with Gasteiger partial charge in [0, 0.05) is 6.54 Å². The van der Waals surface area contributed by atoms with Gasteiger partial charge in [-0.3, -0.25) is 0 Å². The molecule has 0 unspecified atom stereocenters. The lowest BCUT2D eigenvalue weighted by molar-refractivity contribution is 0.317.